The van der Waals surface area contributed by atoms with Crippen LogP contribution in [0.15, 0.2) is 24.3 Å². The van der Waals surface area contributed by atoms with Crippen molar-refractivity contribution in [3.05, 3.63) is 34.9 Å². The van der Waals surface area contributed by atoms with Crippen molar-refractivity contribution in [2.45, 2.75) is 26.3 Å². The molecule has 1 aliphatic heterocycles. The number of anilines is 1. The normalized spacial score (nSPS) is 18.1. The molecule has 0 bridgehead atoms. The maximum Gasteiger partial charge on any atom is 0.0644 e. The molecule has 1 heterocycles. The fourth-order valence-electron chi connectivity index (χ4n) is 1.96. The number of benzene rings is 1. The van der Waals surface area contributed by atoms with Gasteiger partial charge in [0.05, 0.1) is 16.2 Å². The van der Waals surface area contributed by atoms with Gasteiger partial charge in [-0.2, -0.15) is 0 Å². The van der Waals surface area contributed by atoms with Crippen molar-refractivity contribution in [3.8, 4) is 0 Å². The molecule has 1 aromatic rings. The first-order valence-corrected chi connectivity index (χ1v) is 5.14. The zero-order valence-corrected chi connectivity index (χ0v) is 9.44. The molecule has 0 saturated carbocycles. The summed E-state index contributed by atoms with van der Waals surface area (Å²) >= 11 is 6.15. The van der Waals surface area contributed by atoms with Crippen molar-refractivity contribution < 1.29 is 0 Å². The maximum atomic E-state index is 6.15. The van der Waals surface area contributed by atoms with Crippen LogP contribution in [-0.2, 0) is 0 Å². The summed E-state index contributed by atoms with van der Waals surface area (Å²) in [5.74, 6) is 0. The van der Waals surface area contributed by atoms with Gasteiger partial charge in [0.15, 0.2) is 0 Å². The Morgan fingerprint density at radius 2 is 2.00 bits per heavy atom. The zero-order valence-electron chi connectivity index (χ0n) is 8.69. The van der Waals surface area contributed by atoms with Gasteiger partial charge in [-0.15, -0.1) is 0 Å². The van der Waals surface area contributed by atoms with Crippen LogP contribution in [0.2, 0.25) is 5.02 Å². The van der Waals surface area contributed by atoms with Crippen molar-refractivity contribution in [2.75, 3.05) is 5.32 Å². The Labute approximate surface area is 89.8 Å². The van der Waals surface area contributed by atoms with E-state index >= 15 is 0 Å². The minimum Gasteiger partial charge on any atom is -0.375 e. The number of para-hydroxylation sites is 1. The first-order chi connectivity index (χ1) is 6.49. The lowest BCUT2D eigenvalue weighted by Crippen LogP contribution is -2.31. The Morgan fingerprint density at radius 3 is 2.71 bits per heavy atom. The quantitative estimate of drug-likeness (QED) is 0.680. The van der Waals surface area contributed by atoms with Crippen LogP contribution in [0.5, 0.6) is 0 Å². The monoisotopic (exact) mass is 207 g/mol. The van der Waals surface area contributed by atoms with Crippen molar-refractivity contribution in [1.82, 2.24) is 0 Å². The predicted octanol–water partition coefficient (Wildman–Crippen LogP) is 3.95. The molecule has 2 heteroatoms. The van der Waals surface area contributed by atoms with Crippen molar-refractivity contribution in [2.24, 2.45) is 0 Å². The Hall–Kier alpha value is -0.950. The lowest BCUT2D eigenvalue weighted by molar-refractivity contribution is 0.707. The number of hydrogen-bond donors (Lipinski definition) is 1. The van der Waals surface area contributed by atoms with E-state index in [0.29, 0.717) is 0 Å². The summed E-state index contributed by atoms with van der Waals surface area (Å²) in [5, 5.41) is 4.22. The number of hydrogen-bond acceptors (Lipinski definition) is 1. The van der Waals surface area contributed by atoms with Crippen LogP contribution in [0.25, 0.3) is 5.57 Å². The molecule has 0 aromatic heterocycles. The standard InChI is InChI=1S/C12H14ClN/c1-8-7-12(2,3)14-11-9(8)5-4-6-10(11)13/h4-7,14H,1-3H3. The number of fused-ring (bicyclic) bond motifs is 1. The van der Waals surface area contributed by atoms with E-state index in [2.05, 4.69) is 38.2 Å². The summed E-state index contributed by atoms with van der Waals surface area (Å²) in [7, 11) is 0. The average molecular weight is 208 g/mol. The molecule has 1 aromatic carbocycles. The van der Waals surface area contributed by atoms with E-state index in [4.69, 9.17) is 11.6 Å². The minimum absolute atomic E-state index is 0.0118. The molecule has 0 radical (unpaired) electrons. The van der Waals surface area contributed by atoms with Gasteiger partial charge in [0.25, 0.3) is 0 Å². The van der Waals surface area contributed by atoms with Crippen LogP contribution < -0.4 is 5.32 Å². The summed E-state index contributed by atoms with van der Waals surface area (Å²) in [6.45, 7) is 6.41. The van der Waals surface area contributed by atoms with Crippen molar-refractivity contribution in [3.63, 3.8) is 0 Å². The van der Waals surface area contributed by atoms with Gasteiger partial charge in [-0.05, 0) is 32.4 Å². The molecular formula is C12H14ClN. The molecule has 74 valence electrons. The van der Waals surface area contributed by atoms with Crippen LogP contribution in [0.4, 0.5) is 5.69 Å². The summed E-state index contributed by atoms with van der Waals surface area (Å²) in [5.41, 5.74) is 3.53. The molecule has 2 rings (SSSR count). The van der Waals surface area contributed by atoms with E-state index < -0.39 is 0 Å². The Morgan fingerprint density at radius 1 is 1.29 bits per heavy atom. The fourth-order valence-corrected chi connectivity index (χ4v) is 2.18. The van der Waals surface area contributed by atoms with Crippen molar-refractivity contribution in [1.29, 1.82) is 0 Å². The van der Waals surface area contributed by atoms with E-state index in [1.54, 1.807) is 0 Å². The van der Waals surface area contributed by atoms with E-state index in [9.17, 15) is 0 Å². The second kappa shape index (κ2) is 3.03. The van der Waals surface area contributed by atoms with Gasteiger partial charge in [0.2, 0.25) is 0 Å². The van der Waals surface area contributed by atoms with Gasteiger partial charge in [-0.25, -0.2) is 0 Å². The molecule has 0 fully saturated rings. The largest absolute Gasteiger partial charge is 0.375 e. The Bertz CT molecular complexity index is 405. The first kappa shape index (κ1) is 9.60. The third-order valence-electron chi connectivity index (χ3n) is 2.46. The second-order valence-corrected chi connectivity index (χ2v) is 4.74. The molecule has 1 N–H and O–H groups in total. The minimum atomic E-state index is -0.0118. The second-order valence-electron chi connectivity index (χ2n) is 4.34. The van der Waals surface area contributed by atoms with Gasteiger partial charge in [-0.3, -0.25) is 0 Å². The van der Waals surface area contributed by atoms with Crippen LogP contribution in [0.3, 0.4) is 0 Å². The fraction of sp³-hybridized carbons (Fsp3) is 0.333. The van der Waals surface area contributed by atoms with Gasteiger partial charge in [0, 0.05) is 5.56 Å². The molecule has 0 amide bonds. The summed E-state index contributed by atoms with van der Waals surface area (Å²) in [6, 6.07) is 6.00. The van der Waals surface area contributed by atoms with Crippen molar-refractivity contribution >= 4 is 22.9 Å². The van der Waals surface area contributed by atoms with Gasteiger partial charge in [-0.1, -0.05) is 29.8 Å². The molecular weight excluding hydrogens is 194 g/mol. The first-order valence-electron chi connectivity index (χ1n) is 4.76. The highest BCUT2D eigenvalue weighted by Gasteiger charge is 2.23. The third kappa shape index (κ3) is 1.53. The van der Waals surface area contributed by atoms with Gasteiger partial charge >= 0.3 is 0 Å². The van der Waals surface area contributed by atoms with Crippen LogP contribution >= 0.6 is 11.6 Å². The summed E-state index contributed by atoms with van der Waals surface area (Å²) in [4.78, 5) is 0. The van der Waals surface area contributed by atoms with E-state index in [-0.39, 0.29) is 5.54 Å². The van der Waals surface area contributed by atoms with E-state index in [0.717, 1.165) is 10.7 Å². The summed E-state index contributed by atoms with van der Waals surface area (Å²) < 4.78 is 0. The van der Waals surface area contributed by atoms with E-state index in [1.165, 1.54) is 11.1 Å². The SMILES string of the molecule is CC1=CC(C)(C)Nc2c(Cl)cccc21. The van der Waals surface area contributed by atoms with Crippen LogP contribution in [-0.4, -0.2) is 5.54 Å². The molecule has 0 spiro atoms. The lowest BCUT2D eigenvalue weighted by Gasteiger charge is -2.31. The third-order valence-corrected chi connectivity index (χ3v) is 2.78. The molecule has 14 heavy (non-hydrogen) atoms. The average Bonchev–Trinajstić information content (AvgIpc) is 2.05. The summed E-state index contributed by atoms with van der Waals surface area (Å²) in [6.07, 6.45) is 2.23. The van der Waals surface area contributed by atoms with Crippen LogP contribution in [0, 0.1) is 0 Å². The topological polar surface area (TPSA) is 12.0 Å². The highest BCUT2D eigenvalue weighted by Crippen LogP contribution is 2.37. The molecule has 1 aliphatic rings. The van der Waals surface area contributed by atoms with Gasteiger partial charge in [0.1, 0.15) is 0 Å². The number of allylic oxidation sites excluding steroid dienone is 1. The molecule has 1 nitrogen and oxygen atoms in total. The Balaban J connectivity index is 2.62. The number of halogens is 1. The smallest absolute Gasteiger partial charge is 0.0644 e. The zero-order chi connectivity index (χ0) is 10.3. The molecule has 0 aliphatic carbocycles. The molecule has 0 atom stereocenters. The number of nitrogens with one attached hydrogen (secondary N) is 1. The maximum absolute atomic E-state index is 6.15. The Kier molecular flexibility index (Phi) is 2.07. The highest BCUT2D eigenvalue weighted by atomic mass is 35.5. The molecule has 0 unspecified atom stereocenters. The highest BCUT2D eigenvalue weighted by molar-refractivity contribution is 6.33. The molecule has 0 saturated heterocycles. The lowest BCUT2D eigenvalue weighted by atomic mass is 9.91. The van der Waals surface area contributed by atoms with Gasteiger partial charge < -0.3 is 5.32 Å². The van der Waals surface area contributed by atoms with E-state index in [1.807, 2.05) is 12.1 Å². The predicted molar refractivity (Wildman–Crippen MR) is 62.8 cm³/mol. The number of rotatable bonds is 0. The van der Waals surface area contributed by atoms with Crippen LogP contribution in [0.1, 0.15) is 26.3 Å².